The topological polar surface area (TPSA) is 92.0 Å². The molecule has 0 bridgehead atoms. The molecule has 0 saturated heterocycles. The van der Waals surface area contributed by atoms with Crippen LogP contribution in [0.3, 0.4) is 0 Å². The van der Waals surface area contributed by atoms with Gasteiger partial charge in [-0.2, -0.15) is 10.1 Å². The van der Waals surface area contributed by atoms with Gasteiger partial charge in [0.1, 0.15) is 11.3 Å². The van der Waals surface area contributed by atoms with Crippen molar-refractivity contribution in [2.75, 3.05) is 5.43 Å². The molecule has 118 valence electrons. The third-order valence-electron chi connectivity index (χ3n) is 3.49. The van der Waals surface area contributed by atoms with E-state index in [0.717, 1.165) is 27.9 Å². The number of hydrogen-bond acceptors (Lipinski definition) is 6. The molecule has 7 heteroatoms. The summed E-state index contributed by atoms with van der Waals surface area (Å²) in [7, 11) is 0. The van der Waals surface area contributed by atoms with E-state index in [1.54, 1.807) is 6.26 Å². The summed E-state index contributed by atoms with van der Waals surface area (Å²) in [5.74, 6) is 1.10. The number of aromatic amines is 1. The fourth-order valence-electron chi connectivity index (χ4n) is 2.33. The number of para-hydroxylation sites is 1. The van der Waals surface area contributed by atoms with Gasteiger partial charge in [-0.15, -0.1) is 10.2 Å². The molecule has 3 heterocycles. The first-order valence-corrected chi connectivity index (χ1v) is 7.42. The van der Waals surface area contributed by atoms with Crippen molar-refractivity contribution in [1.82, 2.24) is 20.2 Å². The van der Waals surface area contributed by atoms with Gasteiger partial charge in [-0.3, -0.25) is 0 Å². The van der Waals surface area contributed by atoms with Crippen LogP contribution in [-0.4, -0.2) is 25.9 Å². The summed E-state index contributed by atoms with van der Waals surface area (Å²) < 4.78 is 5.22. The molecule has 24 heavy (non-hydrogen) atoms. The van der Waals surface area contributed by atoms with Crippen molar-refractivity contribution in [2.45, 2.75) is 6.92 Å². The van der Waals surface area contributed by atoms with Gasteiger partial charge in [-0.25, -0.2) is 5.43 Å². The van der Waals surface area contributed by atoms with Crippen molar-refractivity contribution in [2.24, 2.45) is 5.10 Å². The normalized spacial score (nSPS) is 12.5. The minimum absolute atomic E-state index is 0.333. The molecule has 0 radical (unpaired) electrons. The SMILES string of the molecule is CC(/C=C/c1ccco1)=N/Nc1nnc2c(n1)[nH]c1ccccc12. The van der Waals surface area contributed by atoms with Crippen LogP contribution in [0.2, 0.25) is 0 Å². The van der Waals surface area contributed by atoms with E-state index in [1.807, 2.05) is 55.5 Å². The van der Waals surface area contributed by atoms with Crippen molar-refractivity contribution < 1.29 is 4.42 Å². The first kappa shape index (κ1) is 14.1. The smallest absolute Gasteiger partial charge is 0.265 e. The summed E-state index contributed by atoms with van der Waals surface area (Å²) in [6, 6.07) is 11.6. The highest BCUT2D eigenvalue weighted by atomic mass is 16.3. The number of allylic oxidation sites excluding steroid dienone is 1. The number of hydrazone groups is 1. The van der Waals surface area contributed by atoms with Crippen molar-refractivity contribution in [1.29, 1.82) is 0 Å². The summed E-state index contributed by atoms with van der Waals surface area (Å²) in [6.07, 6.45) is 5.29. The number of fused-ring (bicyclic) bond motifs is 3. The molecule has 0 aliphatic carbocycles. The molecular weight excluding hydrogens is 304 g/mol. The number of benzene rings is 1. The Labute approximate surface area is 137 Å². The third kappa shape index (κ3) is 2.74. The minimum Gasteiger partial charge on any atom is -0.465 e. The van der Waals surface area contributed by atoms with Crippen molar-refractivity contribution in [3.05, 3.63) is 54.5 Å². The predicted molar refractivity (Wildman–Crippen MR) is 93.7 cm³/mol. The van der Waals surface area contributed by atoms with Crippen LogP contribution in [0.1, 0.15) is 12.7 Å². The second-order valence-electron chi connectivity index (χ2n) is 5.22. The fourth-order valence-corrected chi connectivity index (χ4v) is 2.33. The van der Waals surface area contributed by atoms with E-state index in [9.17, 15) is 0 Å². The lowest BCUT2D eigenvalue weighted by Gasteiger charge is -1.98. The van der Waals surface area contributed by atoms with Gasteiger partial charge in [0.15, 0.2) is 5.65 Å². The second-order valence-corrected chi connectivity index (χ2v) is 5.22. The highest BCUT2D eigenvalue weighted by molar-refractivity contribution is 6.03. The van der Waals surface area contributed by atoms with E-state index in [2.05, 4.69) is 30.7 Å². The van der Waals surface area contributed by atoms with Crippen LogP contribution >= 0.6 is 0 Å². The fraction of sp³-hybridized carbons (Fsp3) is 0.0588. The minimum atomic E-state index is 0.333. The lowest BCUT2D eigenvalue weighted by molar-refractivity contribution is 0.557. The molecule has 0 unspecified atom stereocenters. The lowest BCUT2D eigenvalue weighted by Crippen LogP contribution is -2.00. The van der Waals surface area contributed by atoms with Gasteiger partial charge in [0.05, 0.1) is 12.0 Å². The van der Waals surface area contributed by atoms with Gasteiger partial charge in [-0.1, -0.05) is 18.2 Å². The quantitative estimate of drug-likeness (QED) is 0.443. The number of nitrogens with zero attached hydrogens (tertiary/aromatic N) is 4. The maximum Gasteiger partial charge on any atom is 0.265 e. The van der Waals surface area contributed by atoms with Gasteiger partial charge in [-0.05, 0) is 37.3 Å². The highest BCUT2D eigenvalue weighted by Crippen LogP contribution is 2.21. The van der Waals surface area contributed by atoms with Gasteiger partial charge in [0.2, 0.25) is 0 Å². The monoisotopic (exact) mass is 318 g/mol. The molecule has 1 aromatic carbocycles. The molecular formula is C17H14N6O. The number of H-pyrrole nitrogens is 1. The molecule has 0 aliphatic rings. The van der Waals surface area contributed by atoms with Crippen molar-refractivity contribution >= 4 is 39.8 Å². The molecule has 0 atom stereocenters. The van der Waals surface area contributed by atoms with E-state index in [1.165, 1.54) is 0 Å². The molecule has 7 nitrogen and oxygen atoms in total. The van der Waals surface area contributed by atoms with Crippen LogP contribution in [0.15, 0.2) is 58.3 Å². The lowest BCUT2D eigenvalue weighted by atomic mass is 10.2. The zero-order valence-corrected chi connectivity index (χ0v) is 12.9. The molecule has 0 saturated carbocycles. The molecule has 0 aliphatic heterocycles. The number of hydrogen-bond donors (Lipinski definition) is 2. The Morgan fingerprint density at radius 1 is 1.21 bits per heavy atom. The van der Waals surface area contributed by atoms with Crippen molar-refractivity contribution in [3.8, 4) is 0 Å². The molecule has 0 spiro atoms. The number of anilines is 1. The van der Waals surface area contributed by atoms with Crippen LogP contribution in [-0.2, 0) is 0 Å². The maximum atomic E-state index is 5.22. The zero-order valence-electron chi connectivity index (χ0n) is 12.9. The summed E-state index contributed by atoms with van der Waals surface area (Å²) >= 11 is 0. The molecule has 4 rings (SSSR count). The standard InChI is InChI=1S/C17H14N6O/c1-11(8-9-12-5-4-10-24-12)20-22-17-19-16-15(21-23-17)13-6-2-3-7-14(13)18-16/h2-10H,1H3,(H2,18,19,22,23)/b9-8+,20-11-. The van der Waals surface area contributed by atoms with Crippen LogP contribution < -0.4 is 5.43 Å². The van der Waals surface area contributed by atoms with Gasteiger partial charge < -0.3 is 9.40 Å². The summed E-state index contributed by atoms with van der Waals surface area (Å²) in [5, 5.41) is 13.5. The van der Waals surface area contributed by atoms with E-state index in [0.29, 0.717) is 11.6 Å². The average Bonchev–Trinajstić information content (AvgIpc) is 3.25. The summed E-state index contributed by atoms with van der Waals surface area (Å²) in [4.78, 5) is 7.63. The largest absolute Gasteiger partial charge is 0.465 e. The predicted octanol–water partition coefficient (Wildman–Crippen LogP) is 3.60. The number of nitrogens with one attached hydrogen (secondary N) is 2. The Kier molecular flexibility index (Phi) is 3.51. The molecule has 0 fully saturated rings. The number of furan rings is 1. The number of aromatic nitrogens is 4. The maximum absolute atomic E-state index is 5.22. The Balaban J connectivity index is 1.56. The van der Waals surface area contributed by atoms with Crippen LogP contribution in [0.4, 0.5) is 5.95 Å². The Morgan fingerprint density at radius 3 is 3.00 bits per heavy atom. The first-order valence-electron chi connectivity index (χ1n) is 7.42. The Bertz CT molecular complexity index is 1050. The van der Waals surface area contributed by atoms with Gasteiger partial charge in [0.25, 0.3) is 5.95 Å². The van der Waals surface area contributed by atoms with Gasteiger partial charge >= 0.3 is 0 Å². The Morgan fingerprint density at radius 2 is 2.12 bits per heavy atom. The molecule has 0 amide bonds. The van der Waals surface area contributed by atoms with E-state index >= 15 is 0 Å². The third-order valence-corrected chi connectivity index (χ3v) is 3.49. The van der Waals surface area contributed by atoms with Crippen LogP contribution in [0.5, 0.6) is 0 Å². The van der Waals surface area contributed by atoms with E-state index in [-0.39, 0.29) is 0 Å². The van der Waals surface area contributed by atoms with E-state index in [4.69, 9.17) is 4.42 Å². The zero-order chi connectivity index (χ0) is 16.4. The molecule has 2 N–H and O–H groups in total. The summed E-state index contributed by atoms with van der Waals surface area (Å²) in [5.41, 5.74) is 5.97. The highest BCUT2D eigenvalue weighted by Gasteiger charge is 2.07. The summed E-state index contributed by atoms with van der Waals surface area (Å²) in [6.45, 7) is 1.86. The molecule has 4 aromatic rings. The van der Waals surface area contributed by atoms with Gasteiger partial charge in [0, 0.05) is 10.9 Å². The van der Waals surface area contributed by atoms with Crippen LogP contribution in [0.25, 0.3) is 28.1 Å². The van der Waals surface area contributed by atoms with E-state index < -0.39 is 0 Å². The van der Waals surface area contributed by atoms with Crippen molar-refractivity contribution in [3.63, 3.8) is 0 Å². The second kappa shape index (κ2) is 5.96. The number of rotatable bonds is 4. The first-order chi connectivity index (χ1) is 11.8. The Hall–Kier alpha value is -3.48. The molecule has 3 aromatic heterocycles. The average molecular weight is 318 g/mol. The van der Waals surface area contributed by atoms with Crippen LogP contribution in [0, 0.1) is 0 Å².